The minimum absolute atomic E-state index is 0.671. The van der Waals surface area contributed by atoms with Gasteiger partial charge in [0.15, 0.2) is 0 Å². The summed E-state index contributed by atoms with van der Waals surface area (Å²) in [5, 5.41) is 6.42. The Morgan fingerprint density at radius 3 is 2.72 bits per heavy atom. The van der Waals surface area contributed by atoms with Crippen LogP contribution in [0.1, 0.15) is 45.1 Å². The molecule has 1 atom stereocenters. The number of rotatable bonds is 8. The fourth-order valence-electron chi connectivity index (χ4n) is 1.93. The molecule has 0 aliphatic carbocycles. The molecule has 0 aromatic carbocycles. The second-order valence-electron chi connectivity index (χ2n) is 4.77. The summed E-state index contributed by atoms with van der Waals surface area (Å²) in [5.74, 6) is 2.35. The molecule has 0 spiro atoms. The molecule has 1 unspecified atom stereocenters. The Balaban J connectivity index is 2.55. The number of unbranched alkanes of at least 4 members (excludes halogenated alkanes) is 1. The lowest BCUT2D eigenvalue weighted by atomic mass is 9.99. The lowest BCUT2D eigenvalue weighted by molar-refractivity contribution is 0.472. The number of anilines is 2. The fraction of sp³-hybridized carbons (Fsp3) is 0.714. The Labute approximate surface area is 111 Å². The van der Waals surface area contributed by atoms with Crippen molar-refractivity contribution in [2.45, 2.75) is 46.5 Å². The van der Waals surface area contributed by atoms with E-state index in [0.29, 0.717) is 5.95 Å². The topological polar surface area (TPSA) is 49.8 Å². The number of aromatic nitrogens is 2. The summed E-state index contributed by atoms with van der Waals surface area (Å²) in [6, 6.07) is 0. The summed E-state index contributed by atoms with van der Waals surface area (Å²) in [5.41, 5.74) is 1.10. The lowest BCUT2D eigenvalue weighted by Gasteiger charge is -2.16. The van der Waals surface area contributed by atoms with Gasteiger partial charge >= 0.3 is 0 Å². The van der Waals surface area contributed by atoms with Crippen molar-refractivity contribution in [1.29, 1.82) is 0 Å². The van der Waals surface area contributed by atoms with Crippen LogP contribution in [0, 0.1) is 12.8 Å². The molecule has 1 rings (SSSR count). The Morgan fingerprint density at radius 1 is 1.33 bits per heavy atom. The number of hydrogen-bond acceptors (Lipinski definition) is 4. The second-order valence-corrected chi connectivity index (χ2v) is 4.77. The van der Waals surface area contributed by atoms with Gasteiger partial charge in [-0.25, -0.2) is 4.98 Å². The van der Waals surface area contributed by atoms with Gasteiger partial charge in [0.25, 0.3) is 0 Å². The van der Waals surface area contributed by atoms with Crippen molar-refractivity contribution < 1.29 is 0 Å². The van der Waals surface area contributed by atoms with E-state index in [1.54, 1.807) is 0 Å². The van der Waals surface area contributed by atoms with Crippen molar-refractivity contribution in [3.8, 4) is 0 Å². The van der Waals surface area contributed by atoms with Crippen LogP contribution in [-0.2, 0) is 0 Å². The van der Waals surface area contributed by atoms with E-state index in [9.17, 15) is 0 Å². The fourth-order valence-corrected chi connectivity index (χ4v) is 1.93. The molecule has 1 aromatic heterocycles. The number of nitrogens with zero attached hydrogens (tertiary/aromatic N) is 2. The summed E-state index contributed by atoms with van der Waals surface area (Å²) in [4.78, 5) is 8.64. The molecule has 4 nitrogen and oxygen atoms in total. The van der Waals surface area contributed by atoms with Crippen LogP contribution >= 0.6 is 0 Å². The van der Waals surface area contributed by atoms with Crippen LogP contribution in [0.25, 0.3) is 0 Å². The predicted molar refractivity (Wildman–Crippen MR) is 78.1 cm³/mol. The van der Waals surface area contributed by atoms with E-state index in [0.717, 1.165) is 23.8 Å². The first-order chi connectivity index (χ1) is 8.71. The van der Waals surface area contributed by atoms with Crippen LogP contribution in [0.3, 0.4) is 0 Å². The molecule has 102 valence electrons. The molecule has 18 heavy (non-hydrogen) atoms. The second kappa shape index (κ2) is 7.90. The van der Waals surface area contributed by atoms with E-state index in [2.05, 4.69) is 34.4 Å². The average Bonchev–Trinajstić information content (AvgIpc) is 2.40. The van der Waals surface area contributed by atoms with Crippen LogP contribution in [0.15, 0.2) is 6.20 Å². The smallest absolute Gasteiger partial charge is 0.224 e. The van der Waals surface area contributed by atoms with E-state index in [4.69, 9.17) is 0 Å². The van der Waals surface area contributed by atoms with Crippen LogP contribution < -0.4 is 10.6 Å². The molecule has 1 heterocycles. The van der Waals surface area contributed by atoms with Crippen molar-refractivity contribution in [1.82, 2.24) is 9.97 Å². The Kier molecular flexibility index (Phi) is 6.47. The van der Waals surface area contributed by atoms with E-state index in [1.165, 1.54) is 25.7 Å². The van der Waals surface area contributed by atoms with Gasteiger partial charge in [-0.2, -0.15) is 4.98 Å². The zero-order valence-electron chi connectivity index (χ0n) is 12.1. The standard InChI is InChI=1S/C14H26N4/c1-5-7-8-12(6-2)10-16-13-11(3)9-17-14(15-4)18-13/h9,12H,5-8,10H2,1-4H3,(H2,15,16,17,18). The van der Waals surface area contributed by atoms with Gasteiger partial charge in [-0.3, -0.25) is 0 Å². The van der Waals surface area contributed by atoms with Crippen LogP contribution in [0.4, 0.5) is 11.8 Å². The van der Waals surface area contributed by atoms with Crippen molar-refractivity contribution in [2.24, 2.45) is 5.92 Å². The Morgan fingerprint density at radius 2 is 2.11 bits per heavy atom. The van der Waals surface area contributed by atoms with E-state index in [1.807, 2.05) is 20.2 Å². The molecule has 0 amide bonds. The third kappa shape index (κ3) is 4.51. The molecule has 0 radical (unpaired) electrons. The monoisotopic (exact) mass is 250 g/mol. The first kappa shape index (κ1) is 14.7. The molecular formula is C14H26N4. The summed E-state index contributed by atoms with van der Waals surface area (Å²) in [7, 11) is 1.84. The van der Waals surface area contributed by atoms with Crippen molar-refractivity contribution in [3.05, 3.63) is 11.8 Å². The largest absolute Gasteiger partial charge is 0.369 e. The summed E-state index contributed by atoms with van der Waals surface area (Å²) >= 11 is 0. The zero-order valence-corrected chi connectivity index (χ0v) is 12.1. The Bertz CT molecular complexity index is 352. The first-order valence-electron chi connectivity index (χ1n) is 6.96. The van der Waals surface area contributed by atoms with Crippen LogP contribution in [-0.4, -0.2) is 23.6 Å². The van der Waals surface area contributed by atoms with Gasteiger partial charge in [0, 0.05) is 25.4 Å². The highest BCUT2D eigenvalue weighted by Crippen LogP contribution is 2.16. The Hall–Kier alpha value is -1.32. The summed E-state index contributed by atoms with van der Waals surface area (Å²) in [6.07, 6.45) is 6.95. The average molecular weight is 250 g/mol. The zero-order chi connectivity index (χ0) is 13.4. The molecule has 0 bridgehead atoms. The van der Waals surface area contributed by atoms with Gasteiger partial charge in [0.1, 0.15) is 5.82 Å². The van der Waals surface area contributed by atoms with E-state index >= 15 is 0 Å². The molecular weight excluding hydrogens is 224 g/mol. The van der Waals surface area contributed by atoms with Crippen molar-refractivity contribution in [2.75, 3.05) is 24.2 Å². The maximum Gasteiger partial charge on any atom is 0.224 e. The minimum Gasteiger partial charge on any atom is -0.369 e. The van der Waals surface area contributed by atoms with E-state index < -0.39 is 0 Å². The van der Waals surface area contributed by atoms with Gasteiger partial charge < -0.3 is 10.6 Å². The molecule has 1 aromatic rings. The van der Waals surface area contributed by atoms with Crippen LogP contribution in [0.2, 0.25) is 0 Å². The SMILES string of the molecule is CCCCC(CC)CNc1nc(NC)ncc1C. The highest BCUT2D eigenvalue weighted by molar-refractivity contribution is 5.46. The molecule has 0 saturated carbocycles. The van der Waals surface area contributed by atoms with Crippen LogP contribution in [0.5, 0.6) is 0 Å². The molecule has 0 aliphatic rings. The highest BCUT2D eigenvalue weighted by atomic mass is 15.1. The van der Waals surface area contributed by atoms with Gasteiger partial charge in [-0.1, -0.05) is 33.1 Å². The molecule has 4 heteroatoms. The third-order valence-corrected chi connectivity index (χ3v) is 3.30. The number of nitrogens with one attached hydrogen (secondary N) is 2. The van der Waals surface area contributed by atoms with Gasteiger partial charge in [-0.15, -0.1) is 0 Å². The number of aryl methyl sites for hydroxylation is 1. The third-order valence-electron chi connectivity index (χ3n) is 3.30. The highest BCUT2D eigenvalue weighted by Gasteiger charge is 2.08. The normalized spacial score (nSPS) is 12.2. The van der Waals surface area contributed by atoms with Crippen molar-refractivity contribution >= 4 is 11.8 Å². The quantitative estimate of drug-likeness (QED) is 0.742. The van der Waals surface area contributed by atoms with Gasteiger partial charge in [-0.05, 0) is 19.3 Å². The molecule has 2 N–H and O–H groups in total. The molecule has 0 aliphatic heterocycles. The van der Waals surface area contributed by atoms with E-state index in [-0.39, 0.29) is 0 Å². The maximum atomic E-state index is 4.44. The van der Waals surface area contributed by atoms with Crippen molar-refractivity contribution in [3.63, 3.8) is 0 Å². The first-order valence-corrected chi connectivity index (χ1v) is 6.96. The molecule has 0 saturated heterocycles. The maximum absolute atomic E-state index is 4.44. The minimum atomic E-state index is 0.671. The summed E-state index contributed by atoms with van der Waals surface area (Å²) in [6.45, 7) is 7.54. The van der Waals surface area contributed by atoms with Gasteiger partial charge in [0.2, 0.25) is 5.95 Å². The summed E-state index contributed by atoms with van der Waals surface area (Å²) < 4.78 is 0. The predicted octanol–water partition coefficient (Wildman–Crippen LogP) is 3.46. The van der Waals surface area contributed by atoms with Gasteiger partial charge in [0.05, 0.1) is 0 Å². The number of hydrogen-bond donors (Lipinski definition) is 2. The molecule has 0 fully saturated rings. The lowest BCUT2D eigenvalue weighted by Crippen LogP contribution is -2.15.